The highest BCUT2D eigenvalue weighted by Crippen LogP contribution is 2.63. The highest BCUT2D eigenvalue weighted by atomic mass is 16.3. The van der Waals surface area contributed by atoms with Gasteiger partial charge < -0.3 is 9.32 Å². The maximum Gasteiger partial charge on any atom is 0.136 e. The van der Waals surface area contributed by atoms with Crippen LogP contribution in [0.3, 0.4) is 0 Å². The number of hydrogen-bond donors (Lipinski definition) is 0. The second kappa shape index (κ2) is 13.8. The summed E-state index contributed by atoms with van der Waals surface area (Å²) in [5.74, 6) is 0. The van der Waals surface area contributed by atoms with Crippen molar-refractivity contribution in [2.24, 2.45) is 0 Å². The largest absolute Gasteiger partial charge is 0.456 e. The first kappa shape index (κ1) is 36.1. The fourth-order valence-corrected chi connectivity index (χ4v) is 11.5. The summed E-state index contributed by atoms with van der Waals surface area (Å²) in [6.07, 6.45) is 0. The molecule has 1 aromatic heterocycles. The van der Waals surface area contributed by atoms with Crippen LogP contribution in [0.5, 0.6) is 0 Å². The van der Waals surface area contributed by atoms with Gasteiger partial charge in [0.15, 0.2) is 0 Å². The Morgan fingerprint density at radius 3 is 1.62 bits per heavy atom. The third-order valence-electron chi connectivity index (χ3n) is 14.3. The zero-order valence-corrected chi connectivity index (χ0v) is 35.4. The molecule has 2 aliphatic carbocycles. The van der Waals surface area contributed by atoms with Crippen molar-refractivity contribution in [1.29, 1.82) is 0 Å². The summed E-state index contributed by atoms with van der Waals surface area (Å²) < 4.78 is 6.68. The molecule has 0 saturated carbocycles. The van der Waals surface area contributed by atoms with Crippen molar-refractivity contribution in [1.82, 2.24) is 0 Å². The van der Waals surface area contributed by atoms with Crippen molar-refractivity contribution in [3.05, 3.63) is 259 Å². The van der Waals surface area contributed by atoms with Gasteiger partial charge in [0.05, 0.1) is 11.1 Å². The molecule has 11 aromatic carbocycles. The Morgan fingerprint density at radius 2 is 0.877 bits per heavy atom. The van der Waals surface area contributed by atoms with E-state index in [2.05, 4.69) is 241 Å². The van der Waals surface area contributed by atoms with E-state index in [4.69, 9.17) is 4.42 Å². The maximum atomic E-state index is 6.68. The molecule has 302 valence electrons. The van der Waals surface area contributed by atoms with Crippen molar-refractivity contribution in [3.63, 3.8) is 0 Å². The molecule has 14 rings (SSSR count). The molecule has 0 fully saturated rings. The van der Waals surface area contributed by atoms with Gasteiger partial charge in [0.2, 0.25) is 0 Å². The Morgan fingerprint density at radius 1 is 0.323 bits per heavy atom. The number of para-hydroxylation sites is 1. The minimum atomic E-state index is -0.480. The Bertz CT molecular complexity index is 3830. The molecular weight excluding hydrogens is 787 g/mol. The lowest BCUT2D eigenvalue weighted by atomic mass is 9.70. The lowest BCUT2D eigenvalue weighted by molar-refractivity contribution is 0.669. The predicted octanol–water partition coefficient (Wildman–Crippen LogP) is 17.0. The van der Waals surface area contributed by atoms with E-state index in [1.165, 1.54) is 77.2 Å². The first-order valence-corrected chi connectivity index (χ1v) is 22.5. The van der Waals surface area contributed by atoms with Gasteiger partial charge in [-0.1, -0.05) is 188 Å². The number of nitrogens with zero attached hydrogens (tertiary/aromatic N) is 1. The molecule has 0 radical (unpaired) electrons. The van der Waals surface area contributed by atoms with Crippen LogP contribution in [0.4, 0.5) is 17.1 Å². The molecule has 65 heavy (non-hydrogen) atoms. The van der Waals surface area contributed by atoms with Crippen LogP contribution in [0.2, 0.25) is 0 Å². The van der Waals surface area contributed by atoms with Gasteiger partial charge in [-0.3, -0.25) is 0 Å². The van der Waals surface area contributed by atoms with Gasteiger partial charge in [-0.2, -0.15) is 0 Å². The number of hydrogen-bond acceptors (Lipinski definition) is 2. The Hall–Kier alpha value is -8.46. The van der Waals surface area contributed by atoms with Crippen LogP contribution in [0.25, 0.3) is 88.0 Å². The summed E-state index contributed by atoms with van der Waals surface area (Å²) in [5, 5.41) is 7.14. The van der Waals surface area contributed by atoms with Gasteiger partial charge in [0.25, 0.3) is 0 Å². The molecular formula is C63H39NO. The first-order chi connectivity index (χ1) is 32.2. The molecule has 2 nitrogen and oxygen atoms in total. The first-order valence-electron chi connectivity index (χ1n) is 22.5. The Kier molecular flexibility index (Phi) is 7.64. The smallest absolute Gasteiger partial charge is 0.136 e. The highest BCUT2D eigenvalue weighted by Gasteiger charge is 2.51. The topological polar surface area (TPSA) is 16.4 Å². The van der Waals surface area contributed by atoms with E-state index < -0.39 is 5.41 Å². The Labute approximate surface area is 376 Å². The minimum absolute atomic E-state index is 0.480. The standard InChI is InChI=1S/C63H39NO/c1-2-14-40(15-3-1)41-28-31-45(32-29-41)64(46-33-35-52-51-20-8-12-24-56(51)63(57(52)39-46)54-22-10-6-18-49(54)50-19-7-11-23-55(50)63)58-36-37-60-62(53-21-9-13-25-59(53)65-60)61(58)44-30-34-48-43(38-44)27-26-42-16-4-5-17-47(42)48/h1-39H. The summed E-state index contributed by atoms with van der Waals surface area (Å²) in [6, 6.07) is 87.2. The zero-order chi connectivity index (χ0) is 42.6. The SMILES string of the molecule is c1ccc(-c2ccc(N(c3ccc4c(c3)C3(c5ccccc5-c5ccccc53)c3ccccc3-4)c3ccc4oc5ccccc5c4c3-c3ccc4c(ccc5ccccc54)c3)cc2)cc1. The fourth-order valence-electron chi connectivity index (χ4n) is 11.5. The fraction of sp³-hybridized carbons (Fsp3) is 0.0159. The van der Waals surface area contributed by atoms with E-state index in [0.717, 1.165) is 50.1 Å². The monoisotopic (exact) mass is 825 g/mol. The summed E-state index contributed by atoms with van der Waals surface area (Å²) in [6.45, 7) is 0. The summed E-state index contributed by atoms with van der Waals surface area (Å²) in [7, 11) is 0. The quantitative estimate of drug-likeness (QED) is 0.161. The molecule has 2 heteroatoms. The molecule has 0 amide bonds. The van der Waals surface area contributed by atoms with Crippen LogP contribution in [0.1, 0.15) is 22.3 Å². The number of rotatable bonds is 5. The van der Waals surface area contributed by atoms with Crippen LogP contribution in [0.15, 0.2) is 241 Å². The van der Waals surface area contributed by atoms with Crippen molar-refractivity contribution in [2.75, 3.05) is 4.90 Å². The zero-order valence-electron chi connectivity index (χ0n) is 35.4. The predicted molar refractivity (Wildman–Crippen MR) is 271 cm³/mol. The van der Waals surface area contributed by atoms with Gasteiger partial charge in [0, 0.05) is 27.7 Å². The van der Waals surface area contributed by atoms with Crippen LogP contribution in [0, 0.1) is 0 Å². The second-order valence-corrected chi connectivity index (χ2v) is 17.5. The molecule has 1 heterocycles. The Balaban J connectivity index is 1.07. The molecule has 0 saturated heterocycles. The van der Waals surface area contributed by atoms with Gasteiger partial charge in [-0.05, 0) is 131 Å². The average Bonchev–Trinajstić information content (AvgIpc) is 4.01. The summed E-state index contributed by atoms with van der Waals surface area (Å²) >= 11 is 0. The van der Waals surface area contributed by atoms with Gasteiger partial charge >= 0.3 is 0 Å². The third-order valence-corrected chi connectivity index (χ3v) is 14.3. The normalized spacial score (nSPS) is 13.0. The van der Waals surface area contributed by atoms with E-state index >= 15 is 0 Å². The number of benzene rings is 11. The molecule has 0 unspecified atom stereocenters. The van der Waals surface area contributed by atoms with E-state index in [-0.39, 0.29) is 0 Å². The summed E-state index contributed by atoms with van der Waals surface area (Å²) in [5.41, 5.74) is 19.6. The highest BCUT2D eigenvalue weighted by molar-refractivity contribution is 6.18. The number of furan rings is 1. The van der Waals surface area contributed by atoms with E-state index in [1.807, 2.05) is 0 Å². The van der Waals surface area contributed by atoms with Crippen molar-refractivity contribution in [2.45, 2.75) is 5.41 Å². The number of fused-ring (bicyclic) bond motifs is 16. The van der Waals surface area contributed by atoms with Crippen LogP contribution < -0.4 is 4.90 Å². The second-order valence-electron chi connectivity index (χ2n) is 17.5. The van der Waals surface area contributed by atoms with E-state index in [0.29, 0.717) is 0 Å². The molecule has 0 atom stereocenters. The lowest BCUT2D eigenvalue weighted by Gasteiger charge is -2.33. The van der Waals surface area contributed by atoms with Gasteiger partial charge in [-0.15, -0.1) is 0 Å². The van der Waals surface area contributed by atoms with Crippen molar-refractivity contribution in [3.8, 4) is 44.5 Å². The third kappa shape index (κ3) is 5.11. The van der Waals surface area contributed by atoms with Crippen LogP contribution in [-0.2, 0) is 5.41 Å². The average molecular weight is 826 g/mol. The van der Waals surface area contributed by atoms with E-state index in [1.54, 1.807) is 0 Å². The lowest BCUT2D eigenvalue weighted by Crippen LogP contribution is -2.26. The van der Waals surface area contributed by atoms with Crippen molar-refractivity contribution >= 4 is 60.5 Å². The number of anilines is 3. The molecule has 0 aliphatic heterocycles. The molecule has 0 bridgehead atoms. The molecule has 1 spiro atoms. The minimum Gasteiger partial charge on any atom is -0.456 e. The molecule has 12 aromatic rings. The van der Waals surface area contributed by atoms with Gasteiger partial charge in [0.1, 0.15) is 11.2 Å². The van der Waals surface area contributed by atoms with E-state index in [9.17, 15) is 0 Å². The summed E-state index contributed by atoms with van der Waals surface area (Å²) in [4.78, 5) is 2.49. The molecule has 0 N–H and O–H groups in total. The van der Waals surface area contributed by atoms with Gasteiger partial charge in [-0.25, -0.2) is 0 Å². The van der Waals surface area contributed by atoms with Crippen molar-refractivity contribution < 1.29 is 4.42 Å². The maximum absolute atomic E-state index is 6.68. The molecule has 2 aliphatic rings. The van der Waals surface area contributed by atoms with Crippen LogP contribution >= 0.6 is 0 Å². The van der Waals surface area contributed by atoms with Crippen LogP contribution in [-0.4, -0.2) is 0 Å².